The summed E-state index contributed by atoms with van der Waals surface area (Å²) in [7, 11) is 3.35. The smallest absolute Gasteiger partial charge is 0.265 e. The maximum atomic E-state index is 16.3. The lowest BCUT2D eigenvalue weighted by atomic mass is 10.0. The predicted molar refractivity (Wildman–Crippen MR) is 218 cm³/mol. The molecule has 5 aromatic heterocycles. The minimum atomic E-state index is -0.541. The van der Waals surface area contributed by atoms with Crippen molar-refractivity contribution >= 4 is 160 Å². The van der Waals surface area contributed by atoms with Gasteiger partial charge in [0.25, 0.3) is 11.8 Å². The van der Waals surface area contributed by atoms with E-state index < -0.39 is 5.82 Å². The van der Waals surface area contributed by atoms with Gasteiger partial charge in [-0.1, -0.05) is 59.6 Å². The number of hydrogen-bond donors (Lipinski definition) is 0. The highest BCUT2D eigenvalue weighted by atomic mass is 35.5. The Morgan fingerprint density at radius 2 is 1.06 bits per heavy atom. The molecule has 0 N–H and O–H groups in total. The lowest BCUT2D eigenvalue weighted by Gasteiger charge is -2.09. The summed E-state index contributed by atoms with van der Waals surface area (Å²) >= 11 is 27.0. The molecule has 0 unspecified atom stereocenters. The van der Waals surface area contributed by atoms with Gasteiger partial charge in [0.1, 0.15) is 19.7 Å². The van der Waals surface area contributed by atoms with Gasteiger partial charge in [-0.15, -0.1) is 45.3 Å². The second kappa shape index (κ2) is 13.2. The molecule has 0 spiro atoms. The Kier molecular flexibility index (Phi) is 9.00. The van der Waals surface area contributed by atoms with Crippen molar-refractivity contribution in [2.45, 2.75) is 0 Å². The highest BCUT2D eigenvalue weighted by Crippen LogP contribution is 2.49. The van der Waals surface area contributed by atoms with E-state index in [2.05, 4.69) is 8.75 Å². The van der Waals surface area contributed by atoms with E-state index in [1.807, 2.05) is 60.7 Å². The zero-order valence-electron chi connectivity index (χ0n) is 24.8. The lowest BCUT2D eigenvalue weighted by Crippen LogP contribution is -2.22. The Morgan fingerprint density at radius 1 is 0.653 bits per heavy atom. The van der Waals surface area contributed by atoms with Crippen LogP contribution < -0.4 is 0 Å². The molecule has 7 heterocycles. The third-order valence-electron chi connectivity index (χ3n) is 7.56. The number of fused-ring (bicyclic) bond motifs is 1. The average Bonchev–Trinajstić information content (AvgIpc) is 3.94. The highest BCUT2D eigenvalue weighted by molar-refractivity contribution is 8.27. The first-order valence-electron chi connectivity index (χ1n) is 14.0. The number of thioether (sulfide) groups is 2. The number of benzene rings is 1. The standard InChI is InChI=1S/C32H16ClFN4O2S9/c1-37-29(39)21(47-31(37)41)11-13-3-5-15(43-13)17-7-9-19(45-17)23-25(33)26(34)24(28-27(23)35-49-36-28)20-10-8-18(46-20)16-6-4-14(44-16)12-22-30(40)38(2)32(42)48-22/h3-12H,1-2H3/b21-11+,22-12+. The van der Waals surface area contributed by atoms with E-state index in [0.717, 1.165) is 45.9 Å². The van der Waals surface area contributed by atoms with Gasteiger partial charge >= 0.3 is 0 Å². The normalized spacial score (nSPS) is 17.0. The molecule has 1 aromatic carbocycles. The van der Waals surface area contributed by atoms with Crippen LogP contribution in [0.15, 0.2) is 58.3 Å². The van der Waals surface area contributed by atoms with Gasteiger partial charge in [0.05, 0.1) is 32.1 Å². The van der Waals surface area contributed by atoms with Crippen LogP contribution in [-0.4, -0.2) is 53.1 Å². The van der Waals surface area contributed by atoms with E-state index in [1.54, 1.807) is 36.8 Å². The molecule has 2 saturated heterocycles. The maximum Gasteiger partial charge on any atom is 0.265 e. The second-order valence-electron chi connectivity index (χ2n) is 10.6. The van der Waals surface area contributed by atoms with E-state index in [0.29, 0.717) is 45.5 Å². The molecular weight excluding hydrogens is 815 g/mol. The van der Waals surface area contributed by atoms with E-state index in [4.69, 9.17) is 36.0 Å². The third kappa shape index (κ3) is 5.99. The van der Waals surface area contributed by atoms with Crippen molar-refractivity contribution in [3.63, 3.8) is 0 Å². The number of likely N-dealkylation sites (N-methyl/N-ethyl adjacent to an activating group) is 2. The Morgan fingerprint density at radius 3 is 1.53 bits per heavy atom. The van der Waals surface area contributed by atoms with E-state index in [1.165, 1.54) is 56.0 Å². The molecule has 0 aliphatic carbocycles. The summed E-state index contributed by atoms with van der Waals surface area (Å²) in [5.74, 6) is -0.752. The molecule has 0 radical (unpaired) electrons. The van der Waals surface area contributed by atoms with Gasteiger partial charge in [-0.05, 0) is 60.7 Å². The summed E-state index contributed by atoms with van der Waals surface area (Å²) in [6.45, 7) is 0. The van der Waals surface area contributed by atoms with Gasteiger partial charge in [-0.3, -0.25) is 19.4 Å². The molecule has 6 aromatic rings. The molecule has 244 valence electrons. The molecule has 2 aliphatic heterocycles. The first kappa shape index (κ1) is 33.5. The zero-order valence-corrected chi connectivity index (χ0v) is 32.9. The first-order chi connectivity index (χ1) is 23.6. The van der Waals surface area contributed by atoms with Crippen LogP contribution >= 0.6 is 117 Å². The van der Waals surface area contributed by atoms with Gasteiger partial charge in [-0.25, -0.2) is 4.39 Å². The van der Waals surface area contributed by atoms with Crippen LogP contribution in [0.4, 0.5) is 4.39 Å². The Hall–Kier alpha value is -2.64. The average molecular weight is 832 g/mol. The quantitative estimate of drug-likeness (QED) is 0.121. The number of nitrogens with zero attached hydrogens (tertiary/aromatic N) is 4. The molecule has 0 atom stereocenters. The van der Waals surface area contributed by atoms with Crippen LogP contribution in [-0.2, 0) is 9.59 Å². The number of aromatic nitrogens is 2. The number of thiocarbonyl (C=S) groups is 2. The molecular formula is C32H16ClFN4O2S9. The van der Waals surface area contributed by atoms with E-state index >= 15 is 4.39 Å². The fraction of sp³-hybridized carbons (Fsp3) is 0.0625. The van der Waals surface area contributed by atoms with Crippen LogP contribution in [0, 0.1) is 5.82 Å². The summed E-state index contributed by atoms with van der Waals surface area (Å²) in [5.41, 5.74) is 1.86. The number of hydrogen-bond acceptors (Lipinski definition) is 13. The van der Waals surface area contributed by atoms with E-state index in [9.17, 15) is 9.59 Å². The Labute approximate surface area is 323 Å². The topological polar surface area (TPSA) is 66.4 Å². The van der Waals surface area contributed by atoms with E-state index in [-0.39, 0.29) is 16.8 Å². The van der Waals surface area contributed by atoms with Crippen molar-refractivity contribution in [3.05, 3.63) is 78.9 Å². The predicted octanol–water partition coefficient (Wildman–Crippen LogP) is 11.1. The number of rotatable bonds is 6. The molecule has 2 amide bonds. The number of halogens is 2. The van der Waals surface area contributed by atoms with Gasteiger partial charge < -0.3 is 0 Å². The maximum absolute atomic E-state index is 16.3. The Balaban J connectivity index is 1.09. The lowest BCUT2D eigenvalue weighted by molar-refractivity contribution is -0.122. The molecule has 17 heteroatoms. The Bertz CT molecular complexity index is 2300. The van der Waals surface area contributed by atoms with Crippen LogP contribution in [0.3, 0.4) is 0 Å². The van der Waals surface area contributed by atoms with Gasteiger partial charge in [-0.2, -0.15) is 8.75 Å². The van der Waals surface area contributed by atoms with Crippen LogP contribution in [0.5, 0.6) is 0 Å². The molecule has 8 rings (SSSR count). The minimum absolute atomic E-state index is 0.00124. The second-order valence-corrected chi connectivity index (χ2v) is 19.2. The number of thiophene rings is 4. The molecule has 6 nitrogen and oxygen atoms in total. The summed E-state index contributed by atoms with van der Waals surface area (Å²) in [5, 5.41) is -0.00124. The first-order valence-corrected chi connectivity index (χ1v) is 20.9. The third-order valence-corrected chi connectivity index (χ3v) is 16.1. The molecule has 2 fully saturated rings. The van der Waals surface area contributed by atoms with Crippen molar-refractivity contribution in [1.29, 1.82) is 0 Å². The van der Waals surface area contributed by atoms with Gasteiger partial charge in [0.2, 0.25) is 0 Å². The number of amides is 2. The number of carbonyl (C=O) groups is 2. The molecule has 49 heavy (non-hydrogen) atoms. The van der Waals surface area contributed by atoms with Gasteiger partial charge in [0.15, 0.2) is 5.82 Å². The minimum Gasteiger partial charge on any atom is -0.296 e. The fourth-order valence-electron chi connectivity index (χ4n) is 5.08. The number of carbonyl (C=O) groups excluding carboxylic acids is 2. The summed E-state index contributed by atoms with van der Waals surface area (Å²) in [6.07, 6.45) is 3.71. The van der Waals surface area contributed by atoms with Crippen LogP contribution in [0.2, 0.25) is 5.02 Å². The summed E-state index contributed by atoms with van der Waals surface area (Å²) in [6, 6.07) is 15.7. The molecule has 0 bridgehead atoms. The SMILES string of the molecule is CN1C(=O)/C(=C\c2ccc(-c3ccc(-c4c(F)c(Cl)c(-c5ccc(-c6ccc(/C=C7/SC(=S)N(C)C7=O)s6)s5)c5nsnc45)s3)s2)SC1=S. The van der Waals surface area contributed by atoms with Crippen molar-refractivity contribution in [1.82, 2.24) is 18.5 Å². The van der Waals surface area contributed by atoms with Crippen LogP contribution in [0.25, 0.3) is 63.6 Å². The van der Waals surface area contributed by atoms with Gasteiger partial charge in [0, 0.05) is 58.7 Å². The van der Waals surface area contributed by atoms with Crippen molar-refractivity contribution in [2.75, 3.05) is 14.1 Å². The fourth-order valence-corrected chi connectivity index (χ4v) is 12.7. The highest BCUT2D eigenvalue weighted by Gasteiger charge is 2.30. The molecule has 2 aliphatic rings. The summed E-state index contributed by atoms with van der Waals surface area (Å²) < 4.78 is 26.5. The summed E-state index contributed by atoms with van der Waals surface area (Å²) in [4.78, 5) is 36.3. The van der Waals surface area contributed by atoms with Crippen molar-refractivity contribution in [2.24, 2.45) is 0 Å². The largest absolute Gasteiger partial charge is 0.296 e. The monoisotopic (exact) mass is 830 g/mol. The molecule has 0 saturated carbocycles. The van der Waals surface area contributed by atoms with Crippen molar-refractivity contribution in [3.8, 4) is 40.4 Å². The zero-order chi connectivity index (χ0) is 34.1. The van der Waals surface area contributed by atoms with Crippen LogP contribution in [0.1, 0.15) is 9.75 Å². The van der Waals surface area contributed by atoms with Crippen molar-refractivity contribution < 1.29 is 14.0 Å².